The second-order valence-corrected chi connectivity index (χ2v) is 4.63. The molecule has 0 bridgehead atoms. The number of amides is 1. The first-order valence-electron chi connectivity index (χ1n) is 5.78. The number of benzene rings is 1. The van der Waals surface area contributed by atoms with E-state index in [1.165, 1.54) is 0 Å². The van der Waals surface area contributed by atoms with Crippen molar-refractivity contribution in [2.24, 2.45) is 0 Å². The second kappa shape index (κ2) is 7.87. The van der Waals surface area contributed by atoms with Crippen LogP contribution >= 0.6 is 15.9 Å². The fourth-order valence-electron chi connectivity index (χ4n) is 1.43. The Bertz CT molecular complexity index is 420. The van der Waals surface area contributed by atoms with Gasteiger partial charge in [0.05, 0.1) is 19.4 Å². The first-order chi connectivity index (χ1) is 8.61. The second-order valence-electron chi connectivity index (χ2n) is 3.71. The molecule has 5 heteroatoms. The van der Waals surface area contributed by atoms with Crippen molar-refractivity contribution >= 4 is 27.8 Å². The number of hydrogen-bond donors (Lipinski definition) is 1. The van der Waals surface area contributed by atoms with E-state index < -0.39 is 0 Å². The van der Waals surface area contributed by atoms with Crippen LogP contribution < -0.4 is 5.32 Å². The molecule has 18 heavy (non-hydrogen) atoms. The molecule has 0 aliphatic rings. The molecule has 0 atom stereocenters. The van der Waals surface area contributed by atoms with E-state index in [4.69, 9.17) is 4.74 Å². The van der Waals surface area contributed by atoms with E-state index in [2.05, 4.69) is 21.2 Å². The Balaban J connectivity index is 2.28. The Hall–Kier alpha value is -1.36. The predicted molar refractivity (Wildman–Crippen MR) is 72.1 cm³/mol. The van der Waals surface area contributed by atoms with E-state index in [0.29, 0.717) is 19.6 Å². The van der Waals surface area contributed by atoms with Gasteiger partial charge in [0, 0.05) is 11.0 Å². The van der Waals surface area contributed by atoms with Crippen LogP contribution in [0, 0.1) is 0 Å². The molecule has 98 valence electrons. The summed E-state index contributed by atoms with van der Waals surface area (Å²) in [6.07, 6.45) is 0.514. The summed E-state index contributed by atoms with van der Waals surface area (Å²) in [4.78, 5) is 22.6. The zero-order valence-corrected chi connectivity index (χ0v) is 11.8. The third-order valence-electron chi connectivity index (χ3n) is 2.21. The van der Waals surface area contributed by atoms with Crippen LogP contribution in [-0.4, -0.2) is 25.0 Å². The lowest BCUT2D eigenvalue weighted by Gasteiger charge is -2.05. The number of rotatable bonds is 6. The summed E-state index contributed by atoms with van der Waals surface area (Å²) in [5, 5.41) is 2.68. The highest BCUT2D eigenvalue weighted by Gasteiger charge is 2.05. The van der Waals surface area contributed by atoms with E-state index in [1.807, 2.05) is 24.3 Å². The molecule has 0 aliphatic carbocycles. The summed E-state index contributed by atoms with van der Waals surface area (Å²) >= 11 is 3.35. The predicted octanol–water partition coefficient (Wildman–Crippen LogP) is 2.06. The lowest BCUT2D eigenvalue weighted by Crippen LogP contribution is -2.27. The van der Waals surface area contributed by atoms with Gasteiger partial charge in [-0.25, -0.2) is 0 Å². The minimum Gasteiger partial charge on any atom is -0.466 e. The van der Waals surface area contributed by atoms with Crippen molar-refractivity contribution in [2.45, 2.75) is 19.8 Å². The molecule has 0 aromatic heterocycles. The molecule has 0 spiro atoms. The van der Waals surface area contributed by atoms with Gasteiger partial charge < -0.3 is 10.1 Å². The van der Waals surface area contributed by atoms with Crippen molar-refractivity contribution in [2.75, 3.05) is 13.2 Å². The molecule has 0 fully saturated rings. The average molecular weight is 314 g/mol. The quantitative estimate of drug-likeness (QED) is 0.818. The minimum absolute atomic E-state index is 0.0996. The molecule has 0 saturated heterocycles. The van der Waals surface area contributed by atoms with Gasteiger partial charge in [0.15, 0.2) is 0 Å². The SMILES string of the molecule is CCOC(=O)CCNC(=O)Cc1cccc(Br)c1. The normalized spacial score (nSPS) is 9.89. The van der Waals surface area contributed by atoms with Gasteiger partial charge in [0.2, 0.25) is 5.91 Å². The molecule has 0 saturated carbocycles. The minimum atomic E-state index is -0.291. The maximum atomic E-state index is 11.6. The summed E-state index contributed by atoms with van der Waals surface area (Å²) in [5.74, 6) is -0.391. The fraction of sp³-hybridized carbons (Fsp3) is 0.385. The molecular weight excluding hydrogens is 298 g/mol. The van der Waals surface area contributed by atoms with E-state index >= 15 is 0 Å². The van der Waals surface area contributed by atoms with Gasteiger partial charge in [-0.3, -0.25) is 9.59 Å². The number of hydrogen-bond acceptors (Lipinski definition) is 3. The first-order valence-corrected chi connectivity index (χ1v) is 6.58. The van der Waals surface area contributed by atoms with E-state index in [9.17, 15) is 9.59 Å². The molecule has 0 heterocycles. The molecule has 1 aromatic rings. The lowest BCUT2D eigenvalue weighted by atomic mass is 10.1. The summed E-state index contributed by atoms with van der Waals surface area (Å²) in [7, 11) is 0. The summed E-state index contributed by atoms with van der Waals surface area (Å²) in [6, 6.07) is 7.56. The third-order valence-corrected chi connectivity index (χ3v) is 2.70. The Labute approximate surface area is 115 Å². The van der Waals surface area contributed by atoms with Gasteiger partial charge >= 0.3 is 5.97 Å². The topological polar surface area (TPSA) is 55.4 Å². The van der Waals surface area contributed by atoms with E-state index in [0.717, 1.165) is 10.0 Å². The van der Waals surface area contributed by atoms with Crippen LogP contribution in [0.1, 0.15) is 18.9 Å². The smallest absolute Gasteiger partial charge is 0.307 e. The molecule has 1 amide bonds. The number of halogens is 1. The third kappa shape index (κ3) is 5.82. The van der Waals surface area contributed by atoms with Crippen molar-refractivity contribution in [1.29, 1.82) is 0 Å². The zero-order chi connectivity index (χ0) is 13.4. The fourth-order valence-corrected chi connectivity index (χ4v) is 1.88. The molecule has 0 aliphatic heterocycles. The monoisotopic (exact) mass is 313 g/mol. The Morgan fingerprint density at radius 3 is 2.83 bits per heavy atom. The highest BCUT2D eigenvalue weighted by Crippen LogP contribution is 2.11. The number of nitrogens with one attached hydrogen (secondary N) is 1. The first kappa shape index (κ1) is 14.7. The van der Waals surface area contributed by atoms with Crippen LogP contribution in [0.4, 0.5) is 0 Å². The zero-order valence-electron chi connectivity index (χ0n) is 10.2. The van der Waals surface area contributed by atoms with Crippen molar-refractivity contribution in [3.63, 3.8) is 0 Å². The van der Waals surface area contributed by atoms with E-state index in [1.54, 1.807) is 6.92 Å². The van der Waals surface area contributed by atoms with Crippen molar-refractivity contribution in [3.8, 4) is 0 Å². The number of ether oxygens (including phenoxy) is 1. The maximum Gasteiger partial charge on any atom is 0.307 e. The molecule has 4 nitrogen and oxygen atoms in total. The largest absolute Gasteiger partial charge is 0.466 e. The number of esters is 1. The average Bonchev–Trinajstić information content (AvgIpc) is 2.29. The van der Waals surface area contributed by atoms with Crippen LogP contribution in [0.15, 0.2) is 28.7 Å². The molecule has 1 rings (SSSR count). The maximum absolute atomic E-state index is 11.6. The molecule has 1 aromatic carbocycles. The molecule has 1 N–H and O–H groups in total. The van der Waals surface area contributed by atoms with Gasteiger partial charge in [0.25, 0.3) is 0 Å². The molecule has 0 radical (unpaired) electrons. The number of carbonyl (C=O) groups is 2. The van der Waals surface area contributed by atoms with Crippen LogP contribution in [0.25, 0.3) is 0 Å². The Kier molecular flexibility index (Phi) is 6.43. The summed E-state index contributed by atoms with van der Waals surface area (Å²) in [6.45, 7) is 2.43. The van der Waals surface area contributed by atoms with Gasteiger partial charge in [0.1, 0.15) is 0 Å². The van der Waals surface area contributed by atoms with Crippen molar-refractivity contribution in [1.82, 2.24) is 5.32 Å². The Morgan fingerprint density at radius 1 is 1.39 bits per heavy atom. The van der Waals surface area contributed by atoms with E-state index in [-0.39, 0.29) is 18.3 Å². The van der Waals surface area contributed by atoms with Gasteiger partial charge in [-0.15, -0.1) is 0 Å². The van der Waals surface area contributed by atoms with Crippen LogP contribution in [0.5, 0.6) is 0 Å². The van der Waals surface area contributed by atoms with Crippen LogP contribution in [0.2, 0.25) is 0 Å². The van der Waals surface area contributed by atoms with Gasteiger partial charge in [-0.05, 0) is 24.6 Å². The highest BCUT2D eigenvalue weighted by molar-refractivity contribution is 9.10. The van der Waals surface area contributed by atoms with Crippen molar-refractivity contribution < 1.29 is 14.3 Å². The Morgan fingerprint density at radius 2 is 2.17 bits per heavy atom. The van der Waals surface area contributed by atoms with Crippen LogP contribution in [-0.2, 0) is 20.7 Å². The summed E-state index contributed by atoms with van der Waals surface area (Å²) in [5.41, 5.74) is 0.929. The molecule has 0 unspecified atom stereocenters. The van der Waals surface area contributed by atoms with Gasteiger partial charge in [-0.1, -0.05) is 28.1 Å². The van der Waals surface area contributed by atoms with Crippen molar-refractivity contribution in [3.05, 3.63) is 34.3 Å². The van der Waals surface area contributed by atoms with Crippen LogP contribution in [0.3, 0.4) is 0 Å². The van der Waals surface area contributed by atoms with Gasteiger partial charge in [-0.2, -0.15) is 0 Å². The number of carbonyl (C=O) groups excluding carboxylic acids is 2. The summed E-state index contributed by atoms with van der Waals surface area (Å²) < 4.78 is 5.71. The standard InChI is InChI=1S/C13H16BrNO3/c1-2-18-13(17)6-7-15-12(16)9-10-4-3-5-11(14)8-10/h3-5,8H,2,6-7,9H2,1H3,(H,15,16). The lowest BCUT2D eigenvalue weighted by molar-refractivity contribution is -0.143. The highest BCUT2D eigenvalue weighted by atomic mass is 79.9. The molecular formula is C13H16BrNO3.